The van der Waals surface area contributed by atoms with E-state index >= 15 is 0 Å². The van der Waals surface area contributed by atoms with E-state index < -0.39 is 22.8 Å². The number of anilines is 1. The van der Waals surface area contributed by atoms with E-state index in [1.165, 1.54) is 35.6 Å². The molecule has 0 saturated carbocycles. The van der Waals surface area contributed by atoms with Crippen LogP contribution < -0.4 is 10.6 Å². The third kappa shape index (κ3) is 7.09. The second-order valence-electron chi connectivity index (χ2n) is 6.70. The van der Waals surface area contributed by atoms with Gasteiger partial charge in [-0.3, -0.25) is 25.0 Å². The van der Waals surface area contributed by atoms with Gasteiger partial charge in [-0.05, 0) is 30.4 Å². The van der Waals surface area contributed by atoms with Crippen molar-refractivity contribution < 1.29 is 14.5 Å². The number of nitrogens with zero attached hydrogens (tertiary/aromatic N) is 3. The quantitative estimate of drug-likeness (QED) is 0.432. The minimum atomic E-state index is -0.799. The van der Waals surface area contributed by atoms with Crippen molar-refractivity contribution in [1.29, 1.82) is 0 Å². The molecule has 0 saturated heterocycles. The largest absolute Gasteiger partial charge is 0.340 e. The van der Waals surface area contributed by atoms with Gasteiger partial charge >= 0.3 is 0 Å². The van der Waals surface area contributed by atoms with Crippen molar-refractivity contribution in [2.24, 2.45) is 5.92 Å². The molecule has 0 fully saturated rings. The average Bonchev–Trinajstić information content (AvgIpc) is 3.10. The molecule has 29 heavy (non-hydrogen) atoms. The molecule has 0 aliphatic rings. The highest BCUT2D eigenvalue weighted by Crippen LogP contribution is 2.19. The van der Waals surface area contributed by atoms with Gasteiger partial charge in [0.2, 0.25) is 11.0 Å². The van der Waals surface area contributed by atoms with Crippen LogP contribution in [0.3, 0.4) is 0 Å². The monoisotopic (exact) mass is 437 g/mol. The van der Waals surface area contributed by atoms with Crippen molar-refractivity contribution in [3.05, 3.63) is 45.0 Å². The Kier molecular flexibility index (Phi) is 8.52. The van der Waals surface area contributed by atoms with E-state index in [4.69, 9.17) is 0 Å². The lowest BCUT2D eigenvalue weighted by Gasteiger charge is -2.17. The van der Waals surface area contributed by atoms with Gasteiger partial charge < -0.3 is 5.32 Å². The summed E-state index contributed by atoms with van der Waals surface area (Å²) in [5, 5.41) is 25.5. The van der Waals surface area contributed by atoms with Crippen molar-refractivity contribution in [3.8, 4) is 0 Å². The number of benzene rings is 1. The molecule has 2 amide bonds. The standard InChI is InChI=1S/C18H23N5O4S2/c1-11(2)9-15-21-22-18(29-15)20-17(25)14(7-8-28-3)19-16(24)12-5-4-6-13(10-12)23(26)27/h4-6,10-11,14H,7-9H2,1-3H3,(H,19,24)(H,20,22,25). The molecule has 1 aromatic heterocycles. The van der Waals surface area contributed by atoms with Crippen molar-refractivity contribution in [2.75, 3.05) is 17.3 Å². The van der Waals surface area contributed by atoms with Gasteiger partial charge in [0.05, 0.1) is 4.92 Å². The number of nitro benzene ring substituents is 1. The first-order chi connectivity index (χ1) is 13.8. The second-order valence-corrected chi connectivity index (χ2v) is 8.75. The van der Waals surface area contributed by atoms with Gasteiger partial charge in [-0.2, -0.15) is 11.8 Å². The molecule has 0 aliphatic heterocycles. The number of non-ortho nitro benzene ring substituents is 1. The maximum atomic E-state index is 12.7. The minimum Gasteiger partial charge on any atom is -0.340 e. The highest BCUT2D eigenvalue weighted by atomic mass is 32.2. The van der Waals surface area contributed by atoms with E-state index in [1.54, 1.807) is 11.8 Å². The number of hydrogen-bond donors (Lipinski definition) is 2. The Hall–Kier alpha value is -2.53. The van der Waals surface area contributed by atoms with Crippen molar-refractivity contribution >= 4 is 45.7 Å². The number of nitrogens with one attached hydrogen (secondary N) is 2. The molecule has 11 heteroatoms. The minimum absolute atomic E-state index is 0.122. The summed E-state index contributed by atoms with van der Waals surface area (Å²) in [5.74, 6) is 0.134. The first-order valence-corrected chi connectivity index (χ1v) is 11.2. The molecule has 0 bridgehead atoms. The summed E-state index contributed by atoms with van der Waals surface area (Å²) >= 11 is 2.85. The van der Waals surface area contributed by atoms with Crippen LogP contribution in [0.4, 0.5) is 10.8 Å². The lowest BCUT2D eigenvalue weighted by Crippen LogP contribution is -2.44. The molecule has 2 aromatic rings. The summed E-state index contributed by atoms with van der Waals surface area (Å²) in [6.07, 6.45) is 3.08. The van der Waals surface area contributed by atoms with Crippen LogP contribution in [-0.4, -0.2) is 45.0 Å². The fourth-order valence-corrected chi connectivity index (χ4v) is 3.86. The van der Waals surface area contributed by atoms with E-state index in [9.17, 15) is 19.7 Å². The Labute approximate surface area is 176 Å². The van der Waals surface area contributed by atoms with Gasteiger partial charge in [-0.15, -0.1) is 10.2 Å². The van der Waals surface area contributed by atoms with Crippen molar-refractivity contribution in [3.63, 3.8) is 0 Å². The van der Waals surface area contributed by atoms with Crippen LogP contribution in [-0.2, 0) is 11.2 Å². The van der Waals surface area contributed by atoms with Crippen LogP contribution in [0.25, 0.3) is 0 Å². The Morgan fingerprint density at radius 1 is 1.31 bits per heavy atom. The third-order valence-electron chi connectivity index (χ3n) is 3.83. The fraction of sp³-hybridized carbons (Fsp3) is 0.444. The van der Waals surface area contributed by atoms with Crippen LogP contribution in [0, 0.1) is 16.0 Å². The molecule has 0 aliphatic carbocycles. The molecule has 1 aromatic carbocycles. The first kappa shape index (κ1) is 22.8. The summed E-state index contributed by atoms with van der Waals surface area (Å²) in [6.45, 7) is 4.14. The lowest BCUT2D eigenvalue weighted by atomic mass is 10.1. The topological polar surface area (TPSA) is 127 Å². The number of aromatic nitrogens is 2. The SMILES string of the molecule is CSCCC(NC(=O)c1cccc([N+](=O)[O-])c1)C(=O)Nc1nnc(CC(C)C)s1. The zero-order valence-electron chi connectivity index (χ0n) is 16.4. The molecule has 2 N–H and O–H groups in total. The predicted molar refractivity (Wildman–Crippen MR) is 114 cm³/mol. The number of nitro groups is 1. The number of carbonyl (C=O) groups excluding carboxylic acids is 2. The van der Waals surface area contributed by atoms with Crippen molar-refractivity contribution in [2.45, 2.75) is 32.7 Å². The second kappa shape index (κ2) is 10.9. The highest BCUT2D eigenvalue weighted by molar-refractivity contribution is 7.98. The zero-order chi connectivity index (χ0) is 21.4. The summed E-state index contributed by atoms with van der Waals surface area (Å²) in [7, 11) is 0. The molecule has 156 valence electrons. The van der Waals surface area contributed by atoms with Crippen LogP contribution >= 0.6 is 23.1 Å². The zero-order valence-corrected chi connectivity index (χ0v) is 18.0. The Balaban J connectivity index is 2.08. The smallest absolute Gasteiger partial charge is 0.270 e. The lowest BCUT2D eigenvalue weighted by molar-refractivity contribution is -0.384. The Morgan fingerprint density at radius 3 is 2.72 bits per heavy atom. The Morgan fingerprint density at radius 2 is 2.07 bits per heavy atom. The summed E-state index contributed by atoms with van der Waals surface area (Å²) in [5.41, 5.74) is -0.0643. The van der Waals surface area contributed by atoms with Crippen molar-refractivity contribution in [1.82, 2.24) is 15.5 Å². The molecular weight excluding hydrogens is 414 g/mol. The molecule has 0 spiro atoms. The fourth-order valence-electron chi connectivity index (χ4n) is 2.44. The van der Waals surface area contributed by atoms with Crippen LogP contribution in [0.1, 0.15) is 35.6 Å². The molecule has 2 rings (SSSR count). The third-order valence-corrected chi connectivity index (χ3v) is 5.34. The van der Waals surface area contributed by atoms with Gasteiger partial charge in [0.1, 0.15) is 11.0 Å². The predicted octanol–water partition coefficient (Wildman–Crippen LogP) is 3.14. The maximum Gasteiger partial charge on any atom is 0.270 e. The van der Waals surface area contributed by atoms with Gasteiger partial charge in [0.15, 0.2) is 0 Å². The van der Waals surface area contributed by atoms with E-state index in [1.807, 2.05) is 6.26 Å². The summed E-state index contributed by atoms with van der Waals surface area (Å²) < 4.78 is 0. The van der Waals surface area contributed by atoms with E-state index in [0.717, 1.165) is 11.4 Å². The van der Waals surface area contributed by atoms with Crippen LogP contribution in [0.2, 0.25) is 0 Å². The normalized spacial score (nSPS) is 11.9. The van der Waals surface area contributed by atoms with Crippen LogP contribution in [0.15, 0.2) is 24.3 Å². The van der Waals surface area contributed by atoms with Gasteiger partial charge in [0, 0.05) is 24.1 Å². The number of carbonyl (C=O) groups is 2. The van der Waals surface area contributed by atoms with E-state index in [0.29, 0.717) is 23.2 Å². The average molecular weight is 438 g/mol. The number of thioether (sulfide) groups is 1. The van der Waals surface area contributed by atoms with Gasteiger partial charge in [0.25, 0.3) is 11.6 Å². The highest BCUT2D eigenvalue weighted by Gasteiger charge is 2.23. The molecule has 1 heterocycles. The van der Waals surface area contributed by atoms with E-state index in [2.05, 4.69) is 34.7 Å². The molecule has 1 unspecified atom stereocenters. The maximum absolute atomic E-state index is 12.7. The number of rotatable bonds is 10. The molecule has 9 nitrogen and oxygen atoms in total. The number of hydrogen-bond acceptors (Lipinski definition) is 8. The molecule has 0 radical (unpaired) electrons. The molecule has 1 atom stereocenters. The van der Waals surface area contributed by atoms with E-state index in [-0.39, 0.29) is 11.3 Å². The Bertz CT molecular complexity index is 871. The van der Waals surface area contributed by atoms with Gasteiger partial charge in [-0.25, -0.2) is 0 Å². The summed E-state index contributed by atoms with van der Waals surface area (Å²) in [4.78, 5) is 35.6. The first-order valence-electron chi connectivity index (χ1n) is 8.97. The number of amides is 2. The molecular formula is C18H23N5O4S2. The summed E-state index contributed by atoms with van der Waals surface area (Å²) in [6, 6.07) is 4.59. The van der Waals surface area contributed by atoms with Gasteiger partial charge in [-0.1, -0.05) is 31.3 Å². The van der Waals surface area contributed by atoms with Crippen LogP contribution in [0.5, 0.6) is 0 Å².